The summed E-state index contributed by atoms with van der Waals surface area (Å²) in [5.41, 5.74) is -2.41. The molecule has 13 nitrogen and oxygen atoms in total. The molecule has 0 bridgehead atoms. The van der Waals surface area contributed by atoms with Crippen molar-refractivity contribution in [2.45, 2.75) is 61.6 Å². The molecular formula is C40H39F2N6O7PS. The lowest BCUT2D eigenvalue weighted by atomic mass is 10.0. The number of carbonyl (C=O) groups excluding carboxylic acids is 3. The van der Waals surface area contributed by atoms with Crippen molar-refractivity contribution in [2.24, 2.45) is 0 Å². The molecule has 2 aromatic heterocycles. The van der Waals surface area contributed by atoms with Gasteiger partial charge in [-0.2, -0.15) is 8.78 Å². The van der Waals surface area contributed by atoms with Gasteiger partial charge in [-0.15, -0.1) is 11.3 Å². The van der Waals surface area contributed by atoms with E-state index in [1.165, 1.54) is 18.5 Å². The summed E-state index contributed by atoms with van der Waals surface area (Å²) in [5, 5.41) is 6.57. The van der Waals surface area contributed by atoms with Crippen molar-refractivity contribution in [1.29, 1.82) is 0 Å². The number of nitrogens with one attached hydrogen (secondary N) is 2. The lowest BCUT2D eigenvalue weighted by Gasteiger charge is -2.40. The van der Waals surface area contributed by atoms with Crippen molar-refractivity contribution >= 4 is 52.4 Å². The Bertz CT molecular complexity index is 2340. The maximum absolute atomic E-state index is 14.8. The number of ether oxygens (including phenoxy) is 1. The van der Waals surface area contributed by atoms with Gasteiger partial charge in [-0.05, 0) is 78.1 Å². The van der Waals surface area contributed by atoms with Crippen LogP contribution in [0.15, 0.2) is 97.6 Å². The molecule has 17 heteroatoms. The summed E-state index contributed by atoms with van der Waals surface area (Å²) in [6.45, 7) is 0.611. The summed E-state index contributed by atoms with van der Waals surface area (Å²) >= 11 is 0.981. The Hall–Kier alpha value is -5.12. The maximum Gasteiger partial charge on any atom is 0.399 e. The van der Waals surface area contributed by atoms with E-state index < -0.39 is 36.5 Å². The first-order valence-corrected chi connectivity index (χ1v) is 20.9. The Kier molecular flexibility index (Phi) is 10.4. The average molecular weight is 817 g/mol. The number of hydrogen-bond donors (Lipinski definition) is 4. The van der Waals surface area contributed by atoms with Crippen LogP contribution in [0.5, 0.6) is 0 Å². The van der Waals surface area contributed by atoms with E-state index in [0.717, 1.165) is 45.8 Å². The van der Waals surface area contributed by atoms with Crippen molar-refractivity contribution in [3.05, 3.63) is 114 Å². The summed E-state index contributed by atoms with van der Waals surface area (Å²) in [7, 11) is -5.82. The van der Waals surface area contributed by atoms with Crippen LogP contribution >= 0.6 is 18.9 Å². The summed E-state index contributed by atoms with van der Waals surface area (Å²) in [5.74, 6) is -1.23. The molecular weight excluding hydrogens is 778 g/mol. The minimum atomic E-state index is -5.82. The maximum atomic E-state index is 14.8. The van der Waals surface area contributed by atoms with Crippen LogP contribution in [0.3, 0.4) is 0 Å². The highest BCUT2D eigenvalue weighted by molar-refractivity contribution is 7.52. The topological polar surface area (TPSA) is 178 Å². The van der Waals surface area contributed by atoms with Crippen LogP contribution in [-0.4, -0.2) is 90.8 Å². The molecule has 0 spiro atoms. The van der Waals surface area contributed by atoms with Gasteiger partial charge in [0.1, 0.15) is 12.4 Å². The third kappa shape index (κ3) is 7.92. The number of anilines is 1. The molecule has 3 amide bonds. The van der Waals surface area contributed by atoms with Gasteiger partial charge in [0, 0.05) is 53.9 Å². The molecule has 3 aliphatic heterocycles. The van der Waals surface area contributed by atoms with Crippen LogP contribution in [0.25, 0.3) is 21.2 Å². The largest absolute Gasteiger partial charge is 0.399 e. The minimum Gasteiger partial charge on any atom is -0.354 e. The molecule has 3 aromatic carbocycles. The predicted octanol–water partition coefficient (Wildman–Crippen LogP) is 5.75. The molecule has 57 heavy (non-hydrogen) atoms. The SMILES string of the molecule is O=C(NC1CN(C(=O)CCc2cncnc2)CC[C@H]2CC[C@@H](C3(Nc4ccc(-c5ccccc5)cc4)CO3)N2C1=O)c1cc2cc(C(F)(F)P(=O)(O)O)ccc2s1. The van der Waals surface area contributed by atoms with E-state index in [1.54, 1.807) is 17.3 Å². The van der Waals surface area contributed by atoms with E-state index in [-0.39, 0.29) is 47.1 Å². The Morgan fingerprint density at radius 1 is 0.982 bits per heavy atom. The first-order valence-electron chi connectivity index (χ1n) is 18.5. The number of nitrogens with zero attached hydrogens (tertiary/aromatic N) is 4. The molecule has 5 heterocycles. The van der Waals surface area contributed by atoms with Crippen molar-refractivity contribution in [3.8, 4) is 11.1 Å². The molecule has 8 rings (SSSR count). The number of aryl methyl sites for hydroxylation is 1. The summed E-state index contributed by atoms with van der Waals surface area (Å²) in [6.07, 6.45) is 7.04. The molecule has 2 unspecified atom stereocenters. The second-order valence-corrected chi connectivity index (χ2v) is 17.3. The Balaban J connectivity index is 1.04. The highest BCUT2D eigenvalue weighted by atomic mass is 32.1. The zero-order chi connectivity index (χ0) is 40.0. The summed E-state index contributed by atoms with van der Waals surface area (Å²) in [4.78, 5) is 72.4. The number of thiophene rings is 1. The molecule has 4 N–H and O–H groups in total. The van der Waals surface area contributed by atoms with E-state index in [4.69, 9.17) is 4.74 Å². The quantitative estimate of drug-likeness (QED) is 0.0949. The van der Waals surface area contributed by atoms with E-state index in [2.05, 4.69) is 20.6 Å². The van der Waals surface area contributed by atoms with Crippen molar-refractivity contribution in [2.75, 3.05) is 25.0 Å². The Morgan fingerprint density at radius 3 is 2.40 bits per heavy atom. The zero-order valence-corrected chi connectivity index (χ0v) is 32.2. The third-order valence-electron chi connectivity index (χ3n) is 10.9. The molecule has 0 aliphatic carbocycles. The summed E-state index contributed by atoms with van der Waals surface area (Å²) in [6, 6.07) is 20.7. The number of fused-ring (bicyclic) bond motifs is 2. The monoisotopic (exact) mass is 816 g/mol. The molecule has 3 fully saturated rings. The van der Waals surface area contributed by atoms with Crippen molar-refractivity contribution in [3.63, 3.8) is 0 Å². The Labute approximate surface area is 330 Å². The van der Waals surface area contributed by atoms with Gasteiger partial charge in [0.05, 0.1) is 17.5 Å². The predicted molar refractivity (Wildman–Crippen MR) is 208 cm³/mol. The zero-order valence-electron chi connectivity index (χ0n) is 30.5. The number of amides is 3. The average Bonchev–Trinajstić information content (AvgIpc) is 3.64. The van der Waals surface area contributed by atoms with Gasteiger partial charge in [-0.1, -0.05) is 48.5 Å². The van der Waals surface area contributed by atoms with E-state index >= 15 is 0 Å². The highest BCUT2D eigenvalue weighted by Gasteiger charge is 2.59. The van der Waals surface area contributed by atoms with Crippen molar-refractivity contribution in [1.82, 2.24) is 25.1 Å². The number of hydrogen-bond acceptors (Lipinski definition) is 9. The number of rotatable bonds is 11. The van der Waals surface area contributed by atoms with Crippen LogP contribution < -0.4 is 10.6 Å². The molecule has 0 saturated carbocycles. The fourth-order valence-electron chi connectivity index (χ4n) is 7.82. The number of halogens is 2. The smallest absolute Gasteiger partial charge is 0.354 e. The second-order valence-electron chi connectivity index (χ2n) is 14.6. The van der Waals surface area contributed by atoms with E-state index in [1.807, 2.05) is 59.5 Å². The molecule has 296 valence electrons. The van der Waals surface area contributed by atoms with Crippen LogP contribution in [0.4, 0.5) is 14.5 Å². The molecule has 3 saturated heterocycles. The normalized spacial score (nSPS) is 22.5. The van der Waals surface area contributed by atoms with Crippen LogP contribution in [0, 0.1) is 0 Å². The van der Waals surface area contributed by atoms with Gasteiger partial charge >= 0.3 is 13.3 Å². The first kappa shape index (κ1) is 38.7. The van der Waals surface area contributed by atoms with Crippen LogP contribution in [0.1, 0.15) is 46.5 Å². The number of epoxide rings is 1. The molecule has 3 aliphatic rings. The van der Waals surface area contributed by atoms with Crippen LogP contribution in [-0.2, 0) is 31.0 Å². The number of aromatic nitrogens is 2. The van der Waals surface area contributed by atoms with Gasteiger partial charge < -0.3 is 35.0 Å². The molecule has 5 aromatic rings. The fourth-order valence-corrected chi connectivity index (χ4v) is 9.24. The van der Waals surface area contributed by atoms with Gasteiger partial charge in [-0.3, -0.25) is 18.9 Å². The number of alkyl halides is 2. The van der Waals surface area contributed by atoms with Gasteiger partial charge in [0.15, 0.2) is 5.72 Å². The lowest BCUT2D eigenvalue weighted by Crippen LogP contribution is -2.62. The van der Waals surface area contributed by atoms with Crippen molar-refractivity contribution < 1.29 is 42.3 Å². The molecule has 4 atom stereocenters. The Morgan fingerprint density at radius 2 is 1.70 bits per heavy atom. The highest BCUT2D eigenvalue weighted by Crippen LogP contribution is 2.59. The van der Waals surface area contributed by atoms with Gasteiger partial charge in [0.25, 0.3) is 5.91 Å². The number of benzene rings is 3. The second kappa shape index (κ2) is 15.3. The fraction of sp³-hybridized carbons (Fsp3) is 0.325. The molecule has 0 radical (unpaired) electrons. The number of carbonyl (C=O) groups is 3. The first-order chi connectivity index (χ1) is 27.3. The third-order valence-corrected chi connectivity index (χ3v) is 13.0. The van der Waals surface area contributed by atoms with E-state index in [0.29, 0.717) is 43.5 Å². The van der Waals surface area contributed by atoms with Gasteiger partial charge in [0.2, 0.25) is 11.8 Å². The standard InChI is InChI=1S/C40H39F2N6O7PS/c41-40(42,56(52,53)54)29-9-13-33-28(18-29)19-34(57-33)37(50)45-32-22-47(36(49)15-6-25-20-43-24-44-21-25)17-16-31-12-14-35(48(31)38(32)51)39(23-55-39)46-30-10-7-27(8-11-30)26-4-2-1-3-5-26/h1-5,7-11,13,18-21,24,31-32,35,46H,6,12,14-17,22-23H2,(H,45,50)(H2,52,53,54)/t31-,32?,35+,39?/m1/s1. The summed E-state index contributed by atoms with van der Waals surface area (Å²) < 4.78 is 47.1. The minimum absolute atomic E-state index is 0.0931. The van der Waals surface area contributed by atoms with Crippen LogP contribution in [0.2, 0.25) is 0 Å². The van der Waals surface area contributed by atoms with Gasteiger partial charge in [-0.25, -0.2) is 9.97 Å². The lowest BCUT2D eigenvalue weighted by molar-refractivity contribution is -0.142. The van der Waals surface area contributed by atoms with E-state index in [9.17, 15) is 37.5 Å².